The predicted octanol–water partition coefficient (Wildman–Crippen LogP) is 2.20. The molecule has 2 atom stereocenters. The van der Waals surface area contributed by atoms with Crippen LogP contribution < -0.4 is 5.32 Å². The first kappa shape index (κ1) is 23.2. The fraction of sp³-hybridized carbons (Fsp3) is 0.947. The van der Waals surface area contributed by atoms with Crippen LogP contribution in [0, 0.1) is 11.8 Å². The quantitative estimate of drug-likeness (QED) is 0.348. The van der Waals surface area contributed by atoms with E-state index in [9.17, 15) is 8.42 Å². The number of hydrogen-bond acceptors (Lipinski definition) is 4. The van der Waals surface area contributed by atoms with Crippen molar-refractivity contribution in [2.45, 2.75) is 52.0 Å². The van der Waals surface area contributed by atoms with Gasteiger partial charge in [0.2, 0.25) is 0 Å². The molecule has 8 heteroatoms. The average Bonchev–Trinajstić information content (AvgIpc) is 3.18. The first-order chi connectivity index (χ1) is 12.4. The number of sulfone groups is 1. The molecule has 1 N–H and O–H groups in total. The van der Waals surface area contributed by atoms with Crippen LogP contribution in [-0.4, -0.2) is 81.0 Å². The molecule has 27 heavy (non-hydrogen) atoms. The van der Waals surface area contributed by atoms with E-state index in [2.05, 4.69) is 29.0 Å². The molecule has 0 amide bonds. The molecular weight excluding hydrogens is 475 g/mol. The summed E-state index contributed by atoms with van der Waals surface area (Å²) in [5.74, 6) is 2.53. The van der Waals surface area contributed by atoms with Crippen molar-refractivity contribution in [3.05, 3.63) is 0 Å². The fourth-order valence-electron chi connectivity index (χ4n) is 4.41. The van der Waals surface area contributed by atoms with Gasteiger partial charge in [0.25, 0.3) is 0 Å². The summed E-state index contributed by atoms with van der Waals surface area (Å²) in [6.45, 7) is 10.8. The lowest BCUT2D eigenvalue weighted by Crippen LogP contribution is -2.44. The highest BCUT2D eigenvalue weighted by Gasteiger charge is 2.30. The third-order valence-electron chi connectivity index (χ3n) is 5.79. The van der Waals surface area contributed by atoms with Crippen LogP contribution in [0.15, 0.2) is 4.99 Å². The molecule has 0 aromatic rings. The number of rotatable bonds is 5. The van der Waals surface area contributed by atoms with E-state index in [1.807, 2.05) is 0 Å². The molecule has 3 aliphatic heterocycles. The molecule has 0 aromatic carbocycles. The minimum absolute atomic E-state index is 0. The van der Waals surface area contributed by atoms with E-state index in [1.165, 1.54) is 45.3 Å². The zero-order valence-corrected chi connectivity index (χ0v) is 20.0. The molecule has 2 unspecified atom stereocenters. The lowest BCUT2D eigenvalue weighted by Gasteiger charge is -2.29. The minimum Gasteiger partial charge on any atom is -0.354 e. The zero-order valence-electron chi connectivity index (χ0n) is 16.9. The standard InChI is InChI=1S/C19H36N4O2S.HI/c1-16(2)21-19(20-12-17-7-11-26(24,25)15-17)23-10-6-18(14-23)13-22-8-4-3-5-9-22;/h16-18H,3-15H2,1-2H3,(H,20,21);1H. The second-order valence-electron chi connectivity index (χ2n) is 8.69. The summed E-state index contributed by atoms with van der Waals surface area (Å²) in [4.78, 5) is 9.85. The number of nitrogens with one attached hydrogen (secondary N) is 1. The third kappa shape index (κ3) is 7.34. The van der Waals surface area contributed by atoms with Gasteiger partial charge in [0.1, 0.15) is 0 Å². The van der Waals surface area contributed by atoms with E-state index in [0.29, 0.717) is 24.1 Å². The molecule has 0 aliphatic carbocycles. The van der Waals surface area contributed by atoms with Crippen molar-refractivity contribution < 1.29 is 8.42 Å². The highest BCUT2D eigenvalue weighted by atomic mass is 127. The van der Waals surface area contributed by atoms with Gasteiger partial charge in [-0.15, -0.1) is 24.0 Å². The van der Waals surface area contributed by atoms with Crippen LogP contribution in [0.25, 0.3) is 0 Å². The highest BCUT2D eigenvalue weighted by Crippen LogP contribution is 2.21. The normalized spacial score (nSPS) is 29.1. The number of guanidine groups is 1. The Morgan fingerprint density at radius 1 is 1.11 bits per heavy atom. The molecule has 3 rings (SSSR count). The molecule has 0 spiro atoms. The van der Waals surface area contributed by atoms with Crippen molar-refractivity contribution in [2.24, 2.45) is 16.8 Å². The molecule has 0 aromatic heterocycles. The lowest BCUT2D eigenvalue weighted by molar-refractivity contribution is 0.198. The van der Waals surface area contributed by atoms with Crippen LogP contribution in [0.3, 0.4) is 0 Å². The summed E-state index contributed by atoms with van der Waals surface area (Å²) in [5.41, 5.74) is 0. The van der Waals surface area contributed by atoms with Gasteiger partial charge in [-0.2, -0.15) is 0 Å². The number of likely N-dealkylation sites (tertiary alicyclic amines) is 2. The number of aliphatic imine (C=N–C) groups is 1. The van der Waals surface area contributed by atoms with E-state index in [4.69, 9.17) is 4.99 Å². The Kier molecular flexibility index (Phi) is 9.12. The summed E-state index contributed by atoms with van der Waals surface area (Å²) >= 11 is 0. The lowest BCUT2D eigenvalue weighted by atomic mass is 10.1. The van der Waals surface area contributed by atoms with Crippen LogP contribution >= 0.6 is 24.0 Å². The van der Waals surface area contributed by atoms with Crippen LogP contribution in [0.2, 0.25) is 0 Å². The van der Waals surface area contributed by atoms with E-state index < -0.39 is 9.84 Å². The second-order valence-corrected chi connectivity index (χ2v) is 10.9. The molecule has 3 heterocycles. The SMILES string of the molecule is CC(C)NC(=NCC1CCS(=O)(=O)C1)N1CCC(CN2CCCCC2)C1.I. The molecule has 158 valence electrons. The van der Waals surface area contributed by atoms with Gasteiger partial charge >= 0.3 is 0 Å². The van der Waals surface area contributed by atoms with Crippen molar-refractivity contribution in [1.82, 2.24) is 15.1 Å². The molecular formula is C19H37IN4O2S. The maximum Gasteiger partial charge on any atom is 0.194 e. The number of hydrogen-bond donors (Lipinski definition) is 1. The van der Waals surface area contributed by atoms with Crippen LogP contribution in [-0.2, 0) is 9.84 Å². The van der Waals surface area contributed by atoms with Crippen LogP contribution in [0.4, 0.5) is 0 Å². The van der Waals surface area contributed by atoms with Crippen molar-refractivity contribution in [2.75, 3.05) is 50.8 Å². The summed E-state index contributed by atoms with van der Waals surface area (Å²) in [5, 5.41) is 3.50. The Labute approximate surface area is 182 Å². The Bertz CT molecular complexity index is 591. The van der Waals surface area contributed by atoms with Gasteiger partial charge in [0.15, 0.2) is 15.8 Å². The monoisotopic (exact) mass is 512 g/mol. The Morgan fingerprint density at radius 2 is 1.85 bits per heavy atom. The van der Waals surface area contributed by atoms with Crippen LogP contribution in [0.1, 0.15) is 46.0 Å². The topological polar surface area (TPSA) is 65.0 Å². The Hall–Kier alpha value is -0.0900. The van der Waals surface area contributed by atoms with Crippen molar-refractivity contribution in [1.29, 1.82) is 0 Å². The highest BCUT2D eigenvalue weighted by molar-refractivity contribution is 14.0. The average molecular weight is 513 g/mol. The summed E-state index contributed by atoms with van der Waals surface area (Å²) in [6.07, 6.45) is 6.08. The summed E-state index contributed by atoms with van der Waals surface area (Å²) < 4.78 is 23.3. The van der Waals surface area contributed by atoms with Gasteiger partial charge in [0, 0.05) is 32.2 Å². The molecule has 3 aliphatic rings. The largest absolute Gasteiger partial charge is 0.354 e. The molecule has 6 nitrogen and oxygen atoms in total. The first-order valence-electron chi connectivity index (χ1n) is 10.4. The summed E-state index contributed by atoms with van der Waals surface area (Å²) in [7, 11) is -2.82. The van der Waals surface area contributed by atoms with E-state index in [-0.39, 0.29) is 29.9 Å². The van der Waals surface area contributed by atoms with Crippen molar-refractivity contribution >= 4 is 39.8 Å². The molecule has 0 bridgehead atoms. The van der Waals surface area contributed by atoms with Crippen LogP contribution in [0.5, 0.6) is 0 Å². The van der Waals surface area contributed by atoms with Gasteiger partial charge in [0.05, 0.1) is 11.5 Å². The van der Waals surface area contributed by atoms with Crippen molar-refractivity contribution in [3.63, 3.8) is 0 Å². The summed E-state index contributed by atoms with van der Waals surface area (Å²) in [6, 6.07) is 0.335. The van der Waals surface area contributed by atoms with Gasteiger partial charge < -0.3 is 15.1 Å². The number of nitrogens with zero attached hydrogens (tertiary/aromatic N) is 3. The van der Waals surface area contributed by atoms with E-state index in [1.54, 1.807) is 0 Å². The maximum absolute atomic E-state index is 11.7. The second kappa shape index (κ2) is 10.6. The van der Waals surface area contributed by atoms with Gasteiger partial charge in [-0.3, -0.25) is 4.99 Å². The van der Waals surface area contributed by atoms with E-state index in [0.717, 1.165) is 31.4 Å². The third-order valence-corrected chi connectivity index (χ3v) is 7.63. The Morgan fingerprint density at radius 3 is 2.48 bits per heavy atom. The Balaban J connectivity index is 0.00000261. The number of halogens is 1. The molecule has 0 saturated carbocycles. The molecule has 3 fully saturated rings. The van der Waals surface area contributed by atoms with Gasteiger partial charge in [-0.25, -0.2) is 8.42 Å². The number of piperidine rings is 1. The zero-order chi connectivity index (χ0) is 18.6. The molecule has 0 radical (unpaired) electrons. The minimum atomic E-state index is -2.82. The smallest absolute Gasteiger partial charge is 0.194 e. The van der Waals surface area contributed by atoms with Gasteiger partial charge in [-0.1, -0.05) is 6.42 Å². The fourth-order valence-corrected chi connectivity index (χ4v) is 6.26. The first-order valence-corrected chi connectivity index (χ1v) is 12.2. The van der Waals surface area contributed by atoms with E-state index >= 15 is 0 Å². The van der Waals surface area contributed by atoms with Crippen molar-refractivity contribution in [3.8, 4) is 0 Å². The van der Waals surface area contributed by atoms with Gasteiger partial charge in [-0.05, 0) is 64.5 Å². The predicted molar refractivity (Wildman–Crippen MR) is 123 cm³/mol. The maximum atomic E-state index is 11.7. The molecule has 3 saturated heterocycles.